The summed E-state index contributed by atoms with van der Waals surface area (Å²) in [5, 5.41) is 2.24. The topological polar surface area (TPSA) is 54.0 Å². The van der Waals surface area contributed by atoms with E-state index in [1.807, 2.05) is 44.2 Å². The minimum absolute atomic E-state index is 0.0777. The van der Waals surface area contributed by atoms with Crippen LogP contribution in [0, 0.1) is 0 Å². The van der Waals surface area contributed by atoms with E-state index >= 15 is 0 Å². The maximum Gasteiger partial charge on any atom is 0.330 e. The SMILES string of the molecule is C=CC(=O)OC(C)COC(C)COC(C)COc1cccc2ccccc12. The lowest BCUT2D eigenvalue weighted by Crippen LogP contribution is -2.27. The van der Waals surface area contributed by atoms with Crippen LogP contribution in [0.1, 0.15) is 20.8 Å². The molecule has 2 aromatic carbocycles. The van der Waals surface area contributed by atoms with E-state index in [9.17, 15) is 4.79 Å². The second-order valence-corrected chi connectivity index (χ2v) is 6.53. The minimum atomic E-state index is -0.450. The summed E-state index contributed by atoms with van der Waals surface area (Å²) in [5.41, 5.74) is 0. The van der Waals surface area contributed by atoms with Crippen LogP contribution >= 0.6 is 0 Å². The van der Waals surface area contributed by atoms with Gasteiger partial charge in [0.2, 0.25) is 0 Å². The van der Waals surface area contributed by atoms with Gasteiger partial charge in [-0.2, -0.15) is 0 Å². The number of rotatable bonds is 11. The molecule has 0 saturated heterocycles. The van der Waals surface area contributed by atoms with Crippen LogP contribution in [-0.2, 0) is 19.0 Å². The third-order valence-corrected chi connectivity index (χ3v) is 3.94. The van der Waals surface area contributed by atoms with E-state index in [0.717, 1.165) is 22.6 Å². The van der Waals surface area contributed by atoms with Gasteiger partial charge in [0.25, 0.3) is 0 Å². The average Bonchev–Trinajstić information content (AvgIpc) is 2.68. The molecule has 0 aliphatic rings. The zero-order chi connectivity index (χ0) is 19.6. The molecule has 0 aliphatic heterocycles. The summed E-state index contributed by atoms with van der Waals surface area (Å²) in [7, 11) is 0. The first kappa shape index (κ1) is 20.9. The first-order chi connectivity index (χ1) is 13.0. The molecule has 0 fully saturated rings. The van der Waals surface area contributed by atoms with Crippen molar-refractivity contribution < 1.29 is 23.7 Å². The summed E-state index contributed by atoms with van der Waals surface area (Å²) in [6, 6.07) is 14.1. The van der Waals surface area contributed by atoms with E-state index in [2.05, 4.69) is 18.7 Å². The van der Waals surface area contributed by atoms with Gasteiger partial charge in [0.1, 0.15) is 18.5 Å². The molecule has 0 amide bonds. The molecule has 3 unspecified atom stereocenters. The van der Waals surface area contributed by atoms with Crippen molar-refractivity contribution in [1.82, 2.24) is 0 Å². The van der Waals surface area contributed by atoms with Gasteiger partial charge in [-0.1, -0.05) is 43.0 Å². The van der Waals surface area contributed by atoms with Gasteiger partial charge in [0, 0.05) is 11.5 Å². The Morgan fingerprint density at radius 2 is 1.56 bits per heavy atom. The van der Waals surface area contributed by atoms with Crippen molar-refractivity contribution in [3.8, 4) is 5.75 Å². The lowest BCUT2D eigenvalue weighted by atomic mass is 10.1. The van der Waals surface area contributed by atoms with Gasteiger partial charge in [0.15, 0.2) is 0 Å². The molecule has 0 aliphatic carbocycles. The molecule has 2 aromatic rings. The Kier molecular flexibility index (Phi) is 8.30. The fourth-order valence-corrected chi connectivity index (χ4v) is 2.50. The molecule has 0 radical (unpaired) electrons. The number of esters is 1. The van der Waals surface area contributed by atoms with Gasteiger partial charge < -0.3 is 18.9 Å². The molecule has 5 heteroatoms. The van der Waals surface area contributed by atoms with Gasteiger partial charge in [0.05, 0.1) is 25.4 Å². The fraction of sp³-hybridized carbons (Fsp3) is 0.409. The molecular weight excluding hydrogens is 344 g/mol. The maximum atomic E-state index is 11.1. The number of fused-ring (bicyclic) bond motifs is 1. The Bertz CT molecular complexity index is 737. The third kappa shape index (κ3) is 7.04. The Hall–Kier alpha value is -2.37. The number of ether oxygens (including phenoxy) is 4. The van der Waals surface area contributed by atoms with Gasteiger partial charge in [-0.3, -0.25) is 0 Å². The summed E-state index contributed by atoms with van der Waals surface area (Å²) in [5.74, 6) is 0.403. The quantitative estimate of drug-likeness (QED) is 0.438. The number of carbonyl (C=O) groups excluding carboxylic acids is 1. The molecule has 27 heavy (non-hydrogen) atoms. The molecule has 3 atom stereocenters. The highest BCUT2D eigenvalue weighted by Crippen LogP contribution is 2.25. The molecular formula is C22H28O5. The normalized spacial score (nSPS) is 14.3. The van der Waals surface area contributed by atoms with Crippen molar-refractivity contribution >= 4 is 16.7 Å². The highest BCUT2D eigenvalue weighted by atomic mass is 16.6. The zero-order valence-electron chi connectivity index (χ0n) is 16.2. The lowest BCUT2D eigenvalue weighted by molar-refractivity contribution is -0.147. The molecule has 0 N–H and O–H groups in total. The monoisotopic (exact) mass is 372 g/mol. The van der Waals surface area contributed by atoms with E-state index in [1.54, 1.807) is 6.92 Å². The summed E-state index contributed by atoms with van der Waals surface area (Å²) >= 11 is 0. The zero-order valence-corrected chi connectivity index (χ0v) is 16.2. The standard InChI is InChI=1S/C22H28O5/c1-5-22(23)27-18(4)15-25-16(2)13-24-17(3)14-26-21-12-8-10-19-9-6-7-11-20(19)21/h5-12,16-18H,1,13-15H2,2-4H3. The van der Waals surface area contributed by atoms with E-state index in [4.69, 9.17) is 18.9 Å². The Balaban J connectivity index is 1.70. The van der Waals surface area contributed by atoms with Crippen LogP contribution < -0.4 is 4.74 Å². The minimum Gasteiger partial charge on any atom is -0.490 e. The molecule has 2 rings (SSSR count). The fourth-order valence-electron chi connectivity index (χ4n) is 2.50. The highest BCUT2D eigenvalue weighted by molar-refractivity contribution is 5.88. The first-order valence-electron chi connectivity index (χ1n) is 9.16. The Labute approximate surface area is 160 Å². The van der Waals surface area contributed by atoms with Crippen molar-refractivity contribution in [2.24, 2.45) is 0 Å². The predicted octanol–water partition coefficient (Wildman–Crippen LogP) is 4.15. The molecule has 0 spiro atoms. The van der Waals surface area contributed by atoms with Crippen molar-refractivity contribution in [1.29, 1.82) is 0 Å². The Morgan fingerprint density at radius 1 is 0.926 bits per heavy atom. The van der Waals surface area contributed by atoms with Crippen molar-refractivity contribution in [2.45, 2.75) is 39.1 Å². The molecule has 0 bridgehead atoms. The summed E-state index contributed by atoms with van der Waals surface area (Å²) in [6.07, 6.45) is 0.617. The predicted molar refractivity (Wildman–Crippen MR) is 106 cm³/mol. The van der Waals surface area contributed by atoms with Crippen LogP contribution in [0.3, 0.4) is 0 Å². The summed E-state index contributed by atoms with van der Waals surface area (Å²) in [6.45, 7) is 10.2. The van der Waals surface area contributed by atoms with E-state index < -0.39 is 5.97 Å². The van der Waals surface area contributed by atoms with E-state index in [0.29, 0.717) is 19.8 Å². The van der Waals surface area contributed by atoms with Crippen LogP contribution in [0.4, 0.5) is 0 Å². The van der Waals surface area contributed by atoms with Crippen LogP contribution in [0.25, 0.3) is 10.8 Å². The Morgan fingerprint density at radius 3 is 2.30 bits per heavy atom. The van der Waals surface area contributed by atoms with Crippen LogP contribution in [0.2, 0.25) is 0 Å². The van der Waals surface area contributed by atoms with Crippen molar-refractivity contribution in [3.05, 3.63) is 55.1 Å². The van der Waals surface area contributed by atoms with Crippen LogP contribution in [0.5, 0.6) is 5.75 Å². The second kappa shape index (κ2) is 10.7. The van der Waals surface area contributed by atoms with Crippen LogP contribution in [-0.4, -0.2) is 44.1 Å². The van der Waals surface area contributed by atoms with Gasteiger partial charge >= 0.3 is 5.97 Å². The van der Waals surface area contributed by atoms with Crippen molar-refractivity contribution in [2.75, 3.05) is 19.8 Å². The number of carbonyl (C=O) groups is 1. The summed E-state index contributed by atoms with van der Waals surface area (Å²) < 4.78 is 22.4. The lowest BCUT2D eigenvalue weighted by Gasteiger charge is -2.20. The summed E-state index contributed by atoms with van der Waals surface area (Å²) in [4.78, 5) is 11.1. The molecule has 0 saturated carbocycles. The molecule has 5 nitrogen and oxygen atoms in total. The smallest absolute Gasteiger partial charge is 0.330 e. The molecule has 0 aromatic heterocycles. The second-order valence-electron chi connectivity index (χ2n) is 6.53. The average molecular weight is 372 g/mol. The van der Waals surface area contributed by atoms with Gasteiger partial charge in [-0.25, -0.2) is 4.79 Å². The number of benzene rings is 2. The van der Waals surface area contributed by atoms with E-state index in [1.165, 1.54) is 0 Å². The number of hydrogen-bond acceptors (Lipinski definition) is 5. The number of hydrogen-bond donors (Lipinski definition) is 0. The third-order valence-electron chi connectivity index (χ3n) is 3.94. The molecule has 146 valence electrons. The van der Waals surface area contributed by atoms with Gasteiger partial charge in [-0.15, -0.1) is 0 Å². The van der Waals surface area contributed by atoms with Gasteiger partial charge in [-0.05, 0) is 32.2 Å². The van der Waals surface area contributed by atoms with Crippen LogP contribution in [0.15, 0.2) is 55.1 Å². The highest BCUT2D eigenvalue weighted by Gasteiger charge is 2.12. The van der Waals surface area contributed by atoms with Crippen molar-refractivity contribution in [3.63, 3.8) is 0 Å². The molecule has 0 heterocycles. The maximum absolute atomic E-state index is 11.1. The van der Waals surface area contributed by atoms with E-state index in [-0.39, 0.29) is 18.3 Å². The largest absolute Gasteiger partial charge is 0.490 e. The first-order valence-corrected chi connectivity index (χ1v) is 9.16.